The van der Waals surface area contributed by atoms with Gasteiger partial charge in [0, 0.05) is 26.4 Å². The third-order valence-electron chi connectivity index (χ3n) is 3.20. The first-order valence-electron chi connectivity index (χ1n) is 6.09. The Morgan fingerprint density at radius 1 is 1.53 bits per heavy atom. The third kappa shape index (κ3) is 3.95. The van der Waals surface area contributed by atoms with E-state index in [0.29, 0.717) is 11.1 Å². The Labute approximate surface area is 108 Å². The van der Waals surface area contributed by atoms with Crippen LogP contribution in [0.25, 0.3) is 0 Å². The van der Waals surface area contributed by atoms with Gasteiger partial charge in [-0.05, 0) is 36.9 Å². The molecule has 0 aliphatic carbocycles. The molecule has 0 N–H and O–H groups in total. The molecule has 1 aliphatic heterocycles. The molecular weight excluding hydrogens is 236 g/mol. The average molecular weight is 255 g/mol. The van der Waals surface area contributed by atoms with Crippen molar-refractivity contribution in [1.82, 2.24) is 9.88 Å². The quantitative estimate of drug-likeness (QED) is 0.773. The topological polar surface area (TPSA) is 25.4 Å². The van der Waals surface area contributed by atoms with Gasteiger partial charge in [-0.15, -0.1) is 0 Å². The largest absolute Gasteiger partial charge is 0.384 e. The summed E-state index contributed by atoms with van der Waals surface area (Å²) >= 11 is 5.78. The fraction of sp³-hybridized carbons (Fsp3) is 0.615. The Morgan fingerprint density at radius 2 is 2.41 bits per heavy atom. The van der Waals surface area contributed by atoms with Crippen LogP contribution in [-0.2, 0) is 11.3 Å². The highest BCUT2D eigenvalue weighted by Crippen LogP contribution is 2.18. The van der Waals surface area contributed by atoms with Crippen molar-refractivity contribution in [2.75, 3.05) is 26.8 Å². The summed E-state index contributed by atoms with van der Waals surface area (Å²) in [6.45, 7) is 4.12. The number of hydrogen-bond donors (Lipinski definition) is 0. The van der Waals surface area contributed by atoms with Gasteiger partial charge in [-0.1, -0.05) is 17.7 Å². The highest BCUT2D eigenvalue weighted by atomic mass is 35.5. The standard InChI is InChI=1S/C13H19ClN2O/c1-17-10-12-3-2-6-16(9-12)8-11-4-5-13(14)15-7-11/h4-5,7,12H,2-3,6,8-10H2,1H3. The summed E-state index contributed by atoms with van der Waals surface area (Å²) in [6, 6.07) is 3.91. The maximum atomic E-state index is 5.78. The summed E-state index contributed by atoms with van der Waals surface area (Å²) in [5, 5.41) is 0.560. The number of pyridine rings is 1. The van der Waals surface area contributed by atoms with Gasteiger partial charge in [0.15, 0.2) is 0 Å². The monoisotopic (exact) mass is 254 g/mol. The maximum absolute atomic E-state index is 5.78. The van der Waals surface area contributed by atoms with Gasteiger partial charge in [0.1, 0.15) is 5.15 Å². The molecule has 1 aromatic heterocycles. The number of piperidine rings is 1. The smallest absolute Gasteiger partial charge is 0.129 e. The van der Waals surface area contributed by atoms with Crippen LogP contribution in [0.4, 0.5) is 0 Å². The van der Waals surface area contributed by atoms with Crippen LogP contribution in [0.15, 0.2) is 18.3 Å². The molecule has 2 heterocycles. The second kappa shape index (κ2) is 6.34. The van der Waals surface area contributed by atoms with Crippen molar-refractivity contribution in [2.45, 2.75) is 19.4 Å². The Balaban J connectivity index is 1.87. The maximum Gasteiger partial charge on any atom is 0.129 e. The lowest BCUT2D eigenvalue weighted by atomic mass is 9.98. The van der Waals surface area contributed by atoms with Crippen LogP contribution in [0.1, 0.15) is 18.4 Å². The van der Waals surface area contributed by atoms with Gasteiger partial charge in [-0.25, -0.2) is 4.98 Å². The van der Waals surface area contributed by atoms with E-state index in [1.807, 2.05) is 12.3 Å². The zero-order valence-electron chi connectivity index (χ0n) is 10.2. The summed E-state index contributed by atoms with van der Waals surface area (Å²) in [7, 11) is 1.78. The molecule has 1 unspecified atom stereocenters. The van der Waals surface area contributed by atoms with Crippen molar-refractivity contribution in [3.8, 4) is 0 Å². The van der Waals surface area contributed by atoms with Crippen molar-refractivity contribution in [2.24, 2.45) is 5.92 Å². The molecule has 2 rings (SSSR count). The fourth-order valence-corrected chi connectivity index (χ4v) is 2.54. The molecule has 94 valence electrons. The van der Waals surface area contributed by atoms with Crippen molar-refractivity contribution in [3.05, 3.63) is 29.0 Å². The Hall–Kier alpha value is -0.640. The molecule has 0 saturated carbocycles. The van der Waals surface area contributed by atoms with Crippen LogP contribution in [0.2, 0.25) is 5.15 Å². The molecule has 0 radical (unpaired) electrons. The second-order valence-corrected chi connectivity index (χ2v) is 5.08. The Kier molecular flexibility index (Phi) is 4.77. The van der Waals surface area contributed by atoms with E-state index in [9.17, 15) is 0 Å². The minimum Gasteiger partial charge on any atom is -0.384 e. The number of nitrogens with zero attached hydrogens (tertiary/aromatic N) is 2. The number of ether oxygens (including phenoxy) is 1. The van der Waals surface area contributed by atoms with Gasteiger partial charge in [-0.2, -0.15) is 0 Å². The van der Waals surface area contributed by atoms with Gasteiger partial charge in [0.25, 0.3) is 0 Å². The first-order chi connectivity index (χ1) is 8.28. The SMILES string of the molecule is COCC1CCCN(Cc2ccc(Cl)nc2)C1. The van der Waals surface area contributed by atoms with Crippen molar-refractivity contribution >= 4 is 11.6 Å². The summed E-state index contributed by atoms with van der Waals surface area (Å²) < 4.78 is 5.24. The van der Waals surface area contributed by atoms with Gasteiger partial charge in [0.05, 0.1) is 6.61 Å². The van der Waals surface area contributed by atoms with Crippen molar-refractivity contribution in [1.29, 1.82) is 0 Å². The summed E-state index contributed by atoms with van der Waals surface area (Å²) in [5.41, 5.74) is 1.23. The first kappa shape index (κ1) is 12.8. The molecule has 0 bridgehead atoms. The van der Waals surface area contributed by atoms with Crippen LogP contribution in [-0.4, -0.2) is 36.7 Å². The number of halogens is 1. The van der Waals surface area contributed by atoms with E-state index in [1.54, 1.807) is 7.11 Å². The van der Waals surface area contributed by atoms with E-state index in [-0.39, 0.29) is 0 Å². The van der Waals surface area contributed by atoms with E-state index in [4.69, 9.17) is 16.3 Å². The van der Waals surface area contributed by atoms with Gasteiger partial charge >= 0.3 is 0 Å². The lowest BCUT2D eigenvalue weighted by Gasteiger charge is -2.32. The van der Waals surface area contributed by atoms with Crippen LogP contribution < -0.4 is 0 Å². The van der Waals surface area contributed by atoms with Crippen molar-refractivity contribution in [3.63, 3.8) is 0 Å². The lowest BCUT2D eigenvalue weighted by Crippen LogP contribution is -2.36. The number of likely N-dealkylation sites (tertiary alicyclic amines) is 1. The van der Waals surface area contributed by atoms with E-state index in [1.165, 1.54) is 24.9 Å². The summed E-state index contributed by atoms with van der Waals surface area (Å²) in [6.07, 6.45) is 4.40. The molecule has 3 nitrogen and oxygen atoms in total. The Bertz CT molecular complexity index is 340. The molecule has 1 aliphatic rings. The lowest BCUT2D eigenvalue weighted by molar-refractivity contribution is 0.0873. The molecule has 4 heteroatoms. The first-order valence-corrected chi connectivity index (χ1v) is 6.47. The molecule has 1 atom stereocenters. The third-order valence-corrected chi connectivity index (χ3v) is 3.42. The van der Waals surface area contributed by atoms with Crippen molar-refractivity contribution < 1.29 is 4.74 Å². The molecule has 1 saturated heterocycles. The molecule has 0 aromatic carbocycles. The van der Waals surface area contributed by atoms with Crippen LogP contribution in [0.5, 0.6) is 0 Å². The zero-order chi connectivity index (χ0) is 12.1. The van der Waals surface area contributed by atoms with Gasteiger partial charge in [-0.3, -0.25) is 4.90 Å². The highest BCUT2D eigenvalue weighted by molar-refractivity contribution is 6.29. The molecular formula is C13H19ClN2O. The fourth-order valence-electron chi connectivity index (χ4n) is 2.42. The summed E-state index contributed by atoms with van der Waals surface area (Å²) in [4.78, 5) is 6.58. The van der Waals surface area contributed by atoms with E-state index in [2.05, 4.69) is 16.0 Å². The normalized spacial score (nSPS) is 21.6. The van der Waals surface area contributed by atoms with Crippen LogP contribution in [0, 0.1) is 5.92 Å². The zero-order valence-corrected chi connectivity index (χ0v) is 11.0. The predicted molar refractivity (Wildman–Crippen MR) is 69.1 cm³/mol. The second-order valence-electron chi connectivity index (χ2n) is 4.69. The molecule has 0 spiro atoms. The molecule has 1 aromatic rings. The van der Waals surface area contributed by atoms with Crippen LogP contribution >= 0.6 is 11.6 Å². The molecule has 1 fully saturated rings. The predicted octanol–water partition coefficient (Wildman–Crippen LogP) is 2.59. The van der Waals surface area contributed by atoms with Gasteiger partial charge in [0.2, 0.25) is 0 Å². The Morgan fingerprint density at radius 3 is 3.12 bits per heavy atom. The number of aromatic nitrogens is 1. The van der Waals surface area contributed by atoms with E-state index in [0.717, 1.165) is 19.7 Å². The summed E-state index contributed by atoms with van der Waals surface area (Å²) in [5.74, 6) is 0.675. The van der Waals surface area contributed by atoms with Crippen LogP contribution in [0.3, 0.4) is 0 Å². The highest BCUT2D eigenvalue weighted by Gasteiger charge is 2.19. The average Bonchev–Trinajstić information content (AvgIpc) is 2.33. The van der Waals surface area contributed by atoms with Gasteiger partial charge < -0.3 is 4.74 Å². The molecule has 17 heavy (non-hydrogen) atoms. The minimum absolute atomic E-state index is 0.560. The molecule has 0 amide bonds. The number of methoxy groups -OCH3 is 1. The number of hydrogen-bond acceptors (Lipinski definition) is 3. The van der Waals surface area contributed by atoms with E-state index < -0.39 is 0 Å². The van der Waals surface area contributed by atoms with E-state index >= 15 is 0 Å². The number of rotatable bonds is 4. The minimum atomic E-state index is 0.560.